The van der Waals surface area contributed by atoms with Crippen LogP contribution in [-0.4, -0.2) is 25.9 Å². The lowest BCUT2D eigenvalue weighted by Crippen LogP contribution is -2.34. The van der Waals surface area contributed by atoms with E-state index in [1.165, 1.54) is 0 Å². The van der Waals surface area contributed by atoms with E-state index in [1.807, 2.05) is 24.3 Å². The van der Waals surface area contributed by atoms with E-state index in [-0.39, 0.29) is 12.2 Å². The fourth-order valence-corrected chi connectivity index (χ4v) is 3.53. The van der Waals surface area contributed by atoms with Gasteiger partial charge in [0.05, 0.1) is 19.8 Å². The van der Waals surface area contributed by atoms with Gasteiger partial charge >= 0.3 is 0 Å². The van der Waals surface area contributed by atoms with Crippen molar-refractivity contribution >= 4 is 0 Å². The monoisotopic (exact) mass is 360 g/mol. The summed E-state index contributed by atoms with van der Waals surface area (Å²) in [4.78, 5) is 0. The Morgan fingerprint density at radius 2 is 1.26 bits per heavy atom. The van der Waals surface area contributed by atoms with E-state index in [1.54, 1.807) is 7.11 Å². The molecular weight excluding hydrogens is 336 g/mol. The molecule has 0 unspecified atom stereocenters. The Labute approximate surface area is 160 Å². The molecular formula is C24H24O3. The van der Waals surface area contributed by atoms with Crippen molar-refractivity contribution < 1.29 is 14.2 Å². The second-order valence-corrected chi connectivity index (χ2v) is 6.83. The predicted octanol–water partition coefficient (Wildman–Crippen LogP) is 4.79. The van der Waals surface area contributed by atoms with Crippen molar-refractivity contribution in [3.05, 3.63) is 102 Å². The second kappa shape index (κ2) is 7.55. The fourth-order valence-electron chi connectivity index (χ4n) is 3.53. The molecule has 1 saturated heterocycles. The first-order valence-electron chi connectivity index (χ1n) is 9.29. The van der Waals surface area contributed by atoms with Gasteiger partial charge in [-0.25, -0.2) is 0 Å². The molecule has 0 amide bonds. The highest BCUT2D eigenvalue weighted by Crippen LogP contribution is 2.42. The van der Waals surface area contributed by atoms with Gasteiger partial charge in [0, 0.05) is 0 Å². The molecule has 0 bridgehead atoms. The lowest BCUT2D eigenvalue weighted by Gasteiger charge is -2.36. The van der Waals surface area contributed by atoms with Gasteiger partial charge in [-0.1, -0.05) is 72.8 Å². The molecule has 0 aromatic heterocycles. The number of hydrogen-bond donors (Lipinski definition) is 0. The summed E-state index contributed by atoms with van der Waals surface area (Å²) in [6, 6.07) is 28.9. The van der Waals surface area contributed by atoms with Crippen LogP contribution >= 0.6 is 0 Å². The largest absolute Gasteiger partial charge is 0.497 e. The van der Waals surface area contributed by atoms with Gasteiger partial charge in [0.15, 0.2) is 0 Å². The lowest BCUT2D eigenvalue weighted by molar-refractivity contribution is 0.00426. The van der Waals surface area contributed by atoms with Gasteiger partial charge in [-0.15, -0.1) is 0 Å². The molecule has 1 heterocycles. The maximum atomic E-state index is 6.69. The van der Waals surface area contributed by atoms with E-state index < -0.39 is 5.60 Å². The number of hydrogen-bond acceptors (Lipinski definition) is 3. The summed E-state index contributed by atoms with van der Waals surface area (Å²) in [6.45, 7) is 2.62. The number of methoxy groups -OCH3 is 1. The SMILES string of the molecule is COc1ccc(C(OC[C@@H]2O[C@@H]2C)(c2ccccc2)c2ccccc2)cc1. The normalized spacial score (nSPS) is 18.9. The highest BCUT2D eigenvalue weighted by molar-refractivity contribution is 5.48. The Hall–Kier alpha value is -2.62. The van der Waals surface area contributed by atoms with Crippen LogP contribution in [0, 0.1) is 0 Å². The summed E-state index contributed by atoms with van der Waals surface area (Å²) in [5.41, 5.74) is 2.54. The van der Waals surface area contributed by atoms with Gasteiger partial charge in [-0.2, -0.15) is 0 Å². The van der Waals surface area contributed by atoms with E-state index in [2.05, 4.69) is 67.6 Å². The topological polar surface area (TPSA) is 31.0 Å². The number of rotatable bonds is 7. The van der Waals surface area contributed by atoms with Gasteiger partial charge < -0.3 is 14.2 Å². The molecule has 138 valence electrons. The maximum absolute atomic E-state index is 6.69. The van der Waals surface area contributed by atoms with Gasteiger partial charge in [0.2, 0.25) is 0 Å². The number of benzene rings is 3. The van der Waals surface area contributed by atoms with Crippen molar-refractivity contribution in [2.45, 2.75) is 24.7 Å². The summed E-state index contributed by atoms with van der Waals surface area (Å²) in [7, 11) is 1.68. The van der Waals surface area contributed by atoms with Crippen molar-refractivity contribution in [3.63, 3.8) is 0 Å². The van der Waals surface area contributed by atoms with Gasteiger partial charge in [-0.05, 0) is 35.7 Å². The summed E-state index contributed by atoms with van der Waals surface area (Å²) >= 11 is 0. The van der Waals surface area contributed by atoms with Crippen LogP contribution in [0.25, 0.3) is 0 Å². The molecule has 3 aromatic rings. The third-order valence-corrected chi connectivity index (χ3v) is 5.16. The summed E-state index contributed by atoms with van der Waals surface area (Å²) < 4.78 is 17.7. The molecule has 1 aliphatic rings. The van der Waals surface area contributed by atoms with Crippen LogP contribution < -0.4 is 4.74 Å². The van der Waals surface area contributed by atoms with E-state index >= 15 is 0 Å². The molecule has 0 aliphatic carbocycles. The minimum Gasteiger partial charge on any atom is -0.497 e. The zero-order valence-corrected chi connectivity index (χ0v) is 15.7. The van der Waals surface area contributed by atoms with Gasteiger partial charge in [-0.3, -0.25) is 0 Å². The molecule has 0 N–H and O–H groups in total. The number of epoxide rings is 1. The maximum Gasteiger partial charge on any atom is 0.143 e. The highest BCUT2D eigenvalue weighted by atomic mass is 16.6. The fraction of sp³-hybridized carbons (Fsp3) is 0.250. The minimum absolute atomic E-state index is 0.148. The van der Waals surface area contributed by atoms with Crippen LogP contribution in [0.15, 0.2) is 84.9 Å². The third-order valence-electron chi connectivity index (χ3n) is 5.16. The van der Waals surface area contributed by atoms with Gasteiger partial charge in [0.1, 0.15) is 17.5 Å². The highest BCUT2D eigenvalue weighted by Gasteiger charge is 2.42. The average molecular weight is 360 g/mol. The Kier molecular flexibility index (Phi) is 4.97. The van der Waals surface area contributed by atoms with Crippen molar-refractivity contribution in [2.24, 2.45) is 0 Å². The minimum atomic E-state index is -0.708. The Morgan fingerprint density at radius 1 is 0.778 bits per heavy atom. The standard InChI is InChI=1S/C24H24O3/c1-18-23(27-18)17-26-24(19-9-5-3-6-10-19,20-11-7-4-8-12-20)21-13-15-22(25-2)16-14-21/h3-16,18,23H,17H2,1-2H3/t18-,23+/m1/s1. The molecule has 2 atom stereocenters. The van der Waals surface area contributed by atoms with E-state index in [4.69, 9.17) is 14.2 Å². The third kappa shape index (κ3) is 3.48. The van der Waals surface area contributed by atoms with Crippen LogP contribution in [-0.2, 0) is 15.1 Å². The van der Waals surface area contributed by atoms with Crippen LogP contribution in [0.5, 0.6) is 5.75 Å². The van der Waals surface area contributed by atoms with Crippen LogP contribution in [0.2, 0.25) is 0 Å². The van der Waals surface area contributed by atoms with E-state index in [0.29, 0.717) is 6.61 Å². The summed E-state index contributed by atoms with van der Waals surface area (Å²) in [5.74, 6) is 0.827. The molecule has 1 fully saturated rings. The first-order valence-corrected chi connectivity index (χ1v) is 9.29. The predicted molar refractivity (Wildman–Crippen MR) is 106 cm³/mol. The molecule has 4 rings (SSSR count). The second-order valence-electron chi connectivity index (χ2n) is 6.83. The quantitative estimate of drug-likeness (QED) is 0.448. The molecule has 1 aliphatic heterocycles. The molecule has 3 heteroatoms. The van der Waals surface area contributed by atoms with Crippen LogP contribution in [0.1, 0.15) is 23.6 Å². The van der Waals surface area contributed by atoms with Crippen LogP contribution in [0.3, 0.4) is 0 Å². The van der Waals surface area contributed by atoms with Crippen molar-refractivity contribution in [1.82, 2.24) is 0 Å². The van der Waals surface area contributed by atoms with Gasteiger partial charge in [0.25, 0.3) is 0 Å². The van der Waals surface area contributed by atoms with Crippen LogP contribution in [0.4, 0.5) is 0 Å². The Bertz CT molecular complexity index is 820. The average Bonchev–Trinajstić information content (AvgIpc) is 3.45. The molecule has 27 heavy (non-hydrogen) atoms. The first kappa shape index (κ1) is 17.8. The van der Waals surface area contributed by atoms with Crippen molar-refractivity contribution in [1.29, 1.82) is 0 Å². The molecule has 0 radical (unpaired) electrons. The molecule has 3 nitrogen and oxygen atoms in total. The van der Waals surface area contributed by atoms with E-state index in [0.717, 1.165) is 22.4 Å². The molecule has 3 aromatic carbocycles. The lowest BCUT2D eigenvalue weighted by atomic mass is 9.80. The number of ether oxygens (including phenoxy) is 3. The smallest absolute Gasteiger partial charge is 0.143 e. The molecule has 0 saturated carbocycles. The Balaban J connectivity index is 1.86. The molecule has 0 spiro atoms. The first-order chi connectivity index (χ1) is 13.2. The zero-order chi connectivity index (χ0) is 18.7. The van der Waals surface area contributed by atoms with E-state index in [9.17, 15) is 0 Å². The Morgan fingerprint density at radius 3 is 1.70 bits per heavy atom. The summed E-state index contributed by atoms with van der Waals surface area (Å²) in [5, 5.41) is 0. The van der Waals surface area contributed by atoms with Crippen molar-refractivity contribution in [2.75, 3.05) is 13.7 Å². The summed E-state index contributed by atoms with van der Waals surface area (Å²) in [6.07, 6.45) is 0.403. The van der Waals surface area contributed by atoms with Crippen molar-refractivity contribution in [3.8, 4) is 5.75 Å². The zero-order valence-electron chi connectivity index (χ0n) is 15.7.